The van der Waals surface area contributed by atoms with Crippen molar-refractivity contribution in [2.24, 2.45) is 5.73 Å². The van der Waals surface area contributed by atoms with Crippen molar-refractivity contribution >= 4 is 36.7 Å². The standard InChI is InChI=1S/C11H18N4O3.2ClH/c1-3-15(7(2)11(17)18)10(16)9(12)4-8-5-13-6-14-8;;/h5-7,9H,3-4,12H2,1-2H3,(H,13,14)(H,17,18);2*1H/t7-,9-;;/m0../s1. The molecule has 0 fully saturated rings. The third-order valence-corrected chi connectivity index (χ3v) is 2.75. The maximum absolute atomic E-state index is 12.0. The van der Waals surface area contributed by atoms with E-state index in [-0.39, 0.29) is 37.1 Å². The first-order valence-corrected chi connectivity index (χ1v) is 5.73. The molecule has 4 N–H and O–H groups in total. The number of nitrogens with one attached hydrogen (secondary N) is 1. The summed E-state index contributed by atoms with van der Waals surface area (Å²) >= 11 is 0. The van der Waals surface area contributed by atoms with E-state index in [1.165, 1.54) is 18.2 Å². The topological polar surface area (TPSA) is 112 Å². The first-order valence-electron chi connectivity index (χ1n) is 5.73. The van der Waals surface area contributed by atoms with E-state index in [1.807, 2.05) is 0 Å². The van der Waals surface area contributed by atoms with Crippen LogP contribution in [0.1, 0.15) is 19.5 Å². The molecule has 0 unspecified atom stereocenters. The third-order valence-electron chi connectivity index (χ3n) is 2.75. The summed E-state index contributed by atoms with van der Waals surface area (Å²) in [4.78, 5) is 30.9. The van der Waals surface area contributed by atoms with Gasteiger partial charge >= 0.3 is 5.97 Å². The highest BCUT2D eigenvalue weighted by molar-refractivity contribution is 5.87. The van der Waals surface area contributed by atoms with Crippen LogP contribution in [0.15, 0.2) is 12.5 Å². The van der Waals surface area contributed by atoms with Gasteiger partial charge in [0.05, 0.1) is 18.1 Å². The van der Waals surface area contributed by atoms with E-state index >= 15 is 0 Å². The molecule has 1 aromatic rings. The van der Waals surface area contributed by atoms with Gasteiger partial charge < -0.3 is 20.7 Å². The normalized spacial score (nSPS) is 12.6. The van der Waals surface area contributed by atoms with Crippen molar-refractivity contribution < 1.29 is 14.7 Å². The molecule has 1 rings (SSSR count). The Morgan fingerprint density at radius 3 is 2.50 bits per heavy atom. The fourth-order valence-corrected chi connectivity index (χ4v) is 1.68. The molecule has 0 aliphatic carbocycles. The lowest BCUT2D eigenvalue weighted by molar-refractivity contribution is -0.149. The highest BCUT2D eigenvalue weighted by Crippen LogP contribution is 2.05. The molecule has 1 heterocycles. The van der Waals surface area contributed by atoms with Crippen LogP contribution in [0.4, 0.5) is 0 Å². The van der Waals surface area contributed by atoms with Crippen molar-refractivity contribution in [3.8, 4) is 0 Å². The Kier molecular flexibility index (Phi) is 10.0. The van der Waals surface area contributed by atoms with E-state index in [4.69, 9.17) is 10.8 Å². The number of rotatable bonds is 6. The van der Waals surface area contributed by atoms with Gasteiger partial charge in [-0.25, -0.2) is 9.78 Å². The minimum atomic E-state index is -1.04. The quantitative estimate of drug-likeness (QED) is 0.702. The lowest BCUT2D eigenvalue weighted by Crippen LogP contribution is -2.51. The van der Waals surface area contributed by atoms with Gasteiger partial charge in [0.1, 0.15) is 6.04 Å². The van der Waals surface area contributed by atoms with Crippen LogP contribution in [-0.4, -0.2) is 50.5 Å². The van der Waals surface area contributed by atoms with Crippen LogP contribution in [0.25, 0.3) is 0 Å². The maximum atomic E-state index is 12.0. The minimum Gasteiger partial charge on any atom is -0.480 e. The molecule has 116 valence electrons. The summed E-state index contributed by atoms with van der Waals surface area (Å²) in [5.74, 6) is -1.42. The molecule has 1 aromatic heterocycles. The maximum Gasteiger partial charge on any atom is 0.326 e. The summed E-state index contributed by atoms with van der Waals surface area (Å²) < 4.78 is 0. The first-order chi connectivity index (χ1) is 8.47. The molecule has 0 bridgehead atoms. The Bertz CT molecular complexity index is 414. The molecule has 0 saturated heterocycles. The third kappa shape index (κ3) is 5.36. The zero-order chi connectivity index (χ0) is 13.7. The van der Waals surface area contributed by atoms with E-state index in [1.54, 1.807) is 13.1 Å². The van der Waals surface area contributed by atoms with Crippen LogP contribution in [0.3, 0.4) is 0 Å². The van der Waals surface area contributed by atoms with Gasteiger partial charge in [-0.05, 0) is 13.8 Å². The Labute approximate surface area is 129 Å². The van der Waals surface area contributed by atoms with Gasteiger partial charge in [-0.1, -0.05) is 0 Å². The molecule has 0 spiro atoms. The van der Waals surface area contributed by atoms with Crippen molar-refractivity contribution in [2.45, 2.75) is 32.4 Å². The molecule has 0 saturated carbocycles. The number of carboxylic acid groups (broad SMARTS) is 1. The molecule has 9 heteroatoms. The number of amides is 1. The highest BCUT2D eigenvalue weighted by Gasteiger charge is 2.28. The summed E-state index contributed by atoms with van der Waals surface area (Å²) in [7, 11) is 0. The number of H-pyrrole nitrogens is 1. The van der Waals surface area contributed by atoms with Crippen LogP contribution >= 0.6 is 24.8 Å². The number of hydrogen-bond acceptors (Lipinski definition) is 4. The lowest BCUT2D eigenvalue weighted by atomic mass is 10.1. The summed E-state index contributed by atoms with van der Waals surface area (Å²) in [6.45, 7) is 3.49. The average molecular weight is 327 g/mol. The smallest absolute Gasteiger partial charge is 0.326 e. The van der Waals surface area contributed by atoms with Crippen molar-refractivity contribution in [1.29, 1.82) is 0 Å². The zero-order valence-corrected chi connectivity index (χ0v) is 12.9. The molecule has 2 atom stereocenters. The van der Waals surface area contributed by atoms with Gasteiger partial charge in [-0.15, -0.1) is 24.8 Å². The van der Waals surface area contributed by atoms with Crippen LogP contribution in [0.2, 0.25) is 0 Å². The molecular formula is C11H20Cl2N4O3. The number of nitrogens with two attached hydrogens (primary N) is 1. The van der Waals surface area contributed by atoms with Gasteiger partial charge in [-0.2, -0.15) is 0 Å². The molecule has 0 aliphatic rings. The number of hydrogen-bond donors (Lipinski definition) is 3. The summed E-state index contributed by atoms with van der Waals surface area (Å²) in [5, 5.41) is 8.92. The Morgan fingerprint density at radius 2 is 2.10 bits per heavy atom. The number of aromatic amines is 1. The Balaban J connectivity index is 0. The van der Waals surface area contributed by atoms with Gasteiger partial charge in [-0.3, -0.25) is 4.79 Å². The molecule has 7 nitrogen and oxygen atoms in total. The number of likely N-dealkylation sites (N-methyl/N-ethyl adjacent to an activating group) is 1. The van der Waals surface area contributed by atoms with E-state index < -0.39 is 18.1 Å². The number of aliphatic carboxylic acids is 1. The van der Waals surface area contributed by atoms with E-state index in [2.05, 4.69) is 9.97 Å². The number of carboxylic acids is 1. The largest absolute Gasteiger partial charge is 0.480 e. The molecule has 0 aliphatic heterocycles. The molecular weight excluding hydrogens is 307 g/mol. The highest BCUT2D eigenvalue weighted by atomic mass is 35.5. The monoisotopic (exact) mass is 326 g/mol. The average Bonchev–Trinajstić information content (AvgIpc) is 2.82. The molecule has 20 heavy (non-hydrogen) atoms. The summed E-state index contributed by atoms with van der Waals surface area (Å²) in [5.41, 5.74) is 6.46. The van der Waals surface area contributed by atoms with Gasteiger partial charge in [0, 0.05) is 19.2 Å². The van der Waals surface area contributed by atoms with Crippen LogP contribution in [0, 0.1) is 0 Å². The van der Waals surface area contributed by atoms with Gasteiger partial charge in [0.2, 0.25) is 5.91 Å². The molecule has 1 amide bonds. The van der Waals surface area contributed by atoms with Crippen LogP contribution in [-0.2, 0) is 16.0 Å². The Morgan fingerprint density at radius 1 is 1.50 bits per heavy atom. The first kappa shape index (κ1) is 21.0. The Hall–Kier alpha value is -1.31. The van der Waals surface area contributed by atoms with Gasteiger partial charge in [0.25, 0.3) is 0 Å². The molecule has 0 radical (unpaired) electrons. The number of carbonyl (C=O) groups excluding carboxylic acids is 1. The summed E-state index contributed by atoms with van der Waals surface area (Å²) in [6, 6.07) is -1.66. The second kappa shape index (κ2) is 9.57. The van der Waals surface area contributed by atoms with E-state index in [0.29, 0.717) is 12.2 Å². The number of aromatic nitrogens is 2. The van der Waals surface area contributed by atoms with Crippen molar-refractivity contribution in [2.75, 3.05) is 6.54 Å². The van der Waals surface area contributed by atoms with Crippen molar-refractivity contribution in [3.05, 3.63) is 18.2 Å². The number of halogens is 2. The predicted octanol–water partition coefficient (Wildman–Crippen LogP) is 0.445. The zero-order valence-electron chi connectivity index (χ0n) is 11.3. The van der Waals surface area contributed by atoms with Crippen LogP contribution < -0.4 is 5.73 Å². The van der Waals surface area contributed by atoms with E-state index in [0.717, 1.165) is 0 Å². The second-order valence-electron chi connectivity index (χ2n) is 4.01. The van der Waals surface area contributed by atoms with Crippen molar-refractivity contribution in [1.82, 2.24) is 14.9 Å². The fourth-order valence-electron chi connectivity index (χ4n) is 1.68. The number of imidazole rings is 1. The minimum absolute atomic E-state index is 0. The predicted molar refractivity (Wildman–Crippen MR) is 79.2 cm³/mol. The summed E-state index contributed by atoms with van der Waals surface area (Å²) in [6.07, 6.45) is 3.44. The van der Waals surface area contributed by atoms with Crippen molar-refractivity contribution in [3.63, 3.8) is 0 Å². The van der Waals surface area contributed by atoms with Crippen LogP contribution in [0.5, 0.6) is 0 Å². The fraction of sp³-hybridized carbons (Fsp3) is 0.545. The van der Waals surface area contributed by atoms with E-state index in [9.17, 15) is 9.59 Å². The number of nitrogens with zero attached hydrogens (tertiary/aromatic N) is 2. The SMILES string of the molecule is CCN(C(=O)[C@@H](N)Cc1c[nH]cn1)[C@@H](C)C(=O)O.Cl.Cl. The molecule has 0 aromatic carbocycles. The second-order valence-corrected chi connectivity index (χ2v) is 4.01. The lowest BCUT2D eigenvalue weighted by Gasteiger charge is -2.27. The number of carbonyl (C=O) groups is 2. The van der Waals surface area contributed by atoms with Gasteiger partial charge in [0.15, 0.2) is 0 Å².